The molecule has 2 nitrogen and oxygen atoms in total. The van der Waals surface area contributed by atoms with E-state index in [1.165, 1.54) is 32.1 Å². The molecule has 1 unspecified atom stereocenters. The molecule has 2 rings (SSSR count). The van der Waals surface area contributed by atoms with Gasteiger partial charge in [0.2, 0.25) is 0 Å². The molecule has 0 amide bonds. The van der Waals surface area contributed by atoms with E-state index in [4.69, 9.17) is 0 Å². The number of rotatable bonds is 3. The van der Waals surface area contributed by atoms with Crippen LogP contribution in [0.5, 0.6) is 0 Å². The van der Waals surface area contributed by atoms with Crippen LogP contribution in [0.3, 0.4) is 0 Å². The topological polar surface area (TPSA) is 29.1 Å². The van der Waals surface area contributed by atoms with Crippen molar-refractivity contribution in [3.63, 3.8) is 0 Å². The summed E-state index contributed by atoms with van der Waals surface area (Å²) in [6, 6.07) is 0.468. The minimum atomic E-state index is 0.0735. The van der Waals surface area contributed by atoms with Gasteiger partial charge >= 0.3 is 0 Å². The van der Waals surface area contributed by atoms with Crippen LogP contribution in [0.25, 0.3) is 0 Å². The molecule has 0 radical (unpaired) electrons. The third-order valence-corrected chi connectivity index (χ3v) is 4.02. The van der Waals surface area contributed by atoms with E-state index in [0.29, 0.717) is 11.8 Å². The van der Waals surface area contributed by atoms with Gasteiger partial charge in [-0.1, -0.05) is 26.2 Å². The molecule has 86 valence electrons. The molecule has 0 aromatic rings. The summed E-state index contributed by atoms with van der Waals surface area (Å²) in [4.78, 5) is 12.0. The van der Waals surface area contributed by atoms with Gasteiger partial charge in [-0.15, -0.1) is 0 Å². The first kappa shape index (κ1) is 11.1. The summed E-state index contributed by atoms with van der Waals surface area (Å²) >= 11 is 0. The van der Waals surface area contributed by atoms with Gasteiger partial charge in [-0.25, -0.2) is 0 Å². The minimum absolute atomic E-state index is 0.0735. The maximum Gasteiger partial charge on any atom is 0.140 e. The second-order valence-electron chi connectivity index (χ2n) is 5.54. The van der Waals surface area contributed by atoms with Gasteiger partial charge in [-0.05, 0) is 32.2 Å². The molecule has 15 heavy (non-hydrogen) atoms. The van der Waals surface area contributed by atoms with Crippen molar-refractivity contribution >= 4 is 5.78 Å². The van der Waals surface area contributed by atoms with Crippen LogP contribution in [-0.4, -0.2) is 18.4 Å². The fourth-order valence-corrected chi connectivity index (χ4v) is 2.39. The molecule has 0 aromatic carbocycles. The minimum Gasteiger partial charge on any atom is -0.314 e. The average Bonchev–Trinajstić information content (AvgIpc) is 2.89. The molecule has 0 bridgehead atoms. The van der Waals surface area contributed by atoms with Crippen LogP contribution in [0.4, 0.5) is 0 Å². The molecular formula is C13H23NO. The Morgan fingerprint density at radius 2 is 2.00 bits per heavy atom. The number of carbonyl (C=O) groups is 1. The van der Waals surface area contributed by atoms with E-state index < -0.39 is 0 Å². The molecule has 1 aliphatic heterocycles. The zero-order valence-corrected chi connectivity index (χ0v) is 9.85. The van der Waals surface area contributed by atoms with Gasteiger partial charge in [-0.3, -0.25) is 4.79 Å². The van der Waals surface area contributed by atoms with Crippen molar-refractivity contribution in [1.82, 2.24) is 5.32 Å². The molecule has 0 aromatic heterocycles. The molecule has 0 spiro atoms. The highest BCUT2D eigenvalue weighted by Crippen LogP contribution is 2.46. The summed E-state index contributed by atoms with van der Waals surface area (Å²) in [6.45, 7) is 3.23. The number of hydrogen-bond donors (Lipinski definition) is 1. The van der Waals surface area contributed by atoms with Gasteiger partial charge in [0.05, 0.1) is 0 Å². The normalized spacial score (nSPS) is 30.3. The number of nitrogens with one attached hydrogen (secondary N) is 1. The lowest BCUT2D eigenvalue weighted by Crippen LogP contribution is -2.34. The van der Waals surface area contributed by atoms with E-state index in [1.54, 1.807) is 0 Å². The lowest BCUT2D eigenvalue weighted by molar-refractivity contribution is -0.124. The largest absolute Gasteiger partial charge is 0.314 e. The van der Waals surface area contributed by atoms with Crippen LogP contribution in [0.2, 0.25) is 0 Å². The van der Waals surface area contributed by atoms with Crippen LogP contribution in [-0.2, 0) is 4.79 Å². The summed E-state index contributed by atoms with van der Waals surface area (Å²) < 4.78 is 0. The molecule has 2 heteroatoms. The summed E-state index contributed by atoms with van der Waals surface area (Å²) in [6.07, 6.45) is 9.49. The number of ketones is 1. The highest BCUT2D eigenvalue weighted by molar-refractivity contribution is 5.87. The Labute approximate surface area is 92.8 Å². The van der Waals surface area contributed by atoms with Crippen LogP contribution < -0.4 is 5.32 Å². The number of hydrogen-bond acceptors (Lipinski definition) is 2. The van der Waals surface area contributed by atoms with Crippen LogP contribution in [0, 0.1) is 5.41 Å². The van der Waals surface area contributed by atoms with Gasteiger partial charge in [0, 0.05) is 17.9 Å². The van der Waals surface area contributed by atoms with E-state index in [0.717, 1.165) is 25.8 Å². The summed E-state index contributed by atoms with van der Waals surface area (Å²) in [5, 5.41) is 3.53. The number of Topliss-reactive ketones (excluding diaryl/α,β-unsaturated/α-hetero) is 1. The molecule has 1 saturated carbocycles. The van der Waals surface area contributed by atoms with E-state index in [-0.39, 0.29) is 5.41 Å². The zero-order chi connectivity index (χ0) is 10.7. The van der Waals surface area contributed by atoms with Crippen LogP contribution >= 0.6 is 0 Å². The van der Waals surface area contributed by atoms with Crippen molar-refractivity contribution in [1.29, 1.82) is 0 Å². The van der Waals surface area contributed by atoms with E-state index in [1.807, 2.05) is 0 Å². The Bertz CT molecular complexity index is 225. The Kier molecular flexibility index (Phi) is 3.45. The second-order valence-corrected chi connectivity index (χ2v) is 5.54. The van der Waals surface area contributed by atoms with Crippen molar-refractivity contribution in [3.05, 3.63) is 0 Å². The first-order chi connectivity index (χ1) is 7.21. The standard InChI is InChI=1S/C13H23NO/c1-13(7-8-13)12(15)10-11-6-4-2-3-5-9-14-11/h11,14H,2-10H2,1H3. The quantitative estimate of drug-likeness (QED) is 0.774. The molecule has 1 N–H and O–H groups in total. The van der Waals surface area contributed by atoms with E-state index in [2.05, 4.69) is 12.2 Å². The highest BCUT2D eigenvalue weighted by Gasteiger charge is 2.44. The van der Waals surface area contributed by atoms with E-state index in [9.17, 15) is 4.79 Å². The van der Waals surface area contributed by atoms with Gasteiger partial charge in [0.15, 0.2) is 0 Å². The van der Waals surface area contributed by atoms with Crippen molar-refractivity contribution < 1.29 is 4.79 Å². The summed E-state index contributed by atoms with van der Waals surface area (Å²) in [5.41, 5.74) is 0.0735. The summed E-state index contributed by atoms with van der Waals surface area (Å²) in [5.74, 6) is 0.501. The molecule has 2 aliphatic rings. The van der Waals surface area contributed by atoms with Crippen molar-refractivity contribution in [2.24, 2.45) is 5.41 Å². The zero-order valence-electron chi connectivity index (χ0n) is 9.85. The fraction of sp³-hybridized carbons (Fsp3) is 0.923. The first-order valence-electron chi connectivity index (χ1n) is 6.47. The van der Waals surface area contributed by atoms with Crippen LogP contribution in [0.15, 0.2) is 0 Å². The maximum absolute atomic E-state index is 12.0. The molecular weight excluding hydrogens is 186 g/mol. The Hall–Kier alpha value is -0.370. The molecule has 1 saturated heterocycles. The van der Waals surface area contributed by atoms with Gasteiger partial charge in [0.1, 0.15) is 5.78 Å². The first-order valence-corrected chi connectivity index (χ1v) is 6.47. The fourth-order valence-electron chi connectivity index (χ4n) is 2.39. The average molecular weight is 209 g/mol. The molecule has 1 atom stereocenters. The summed E-state index contributed by atoms with van der Waals surface area (Å²) in [7, 11) is 0. The van der Waals surface area contributed by atoms with Crippen molar-refractivity contribution in [2.45, 2.75) is 64.3 Å². The van der Waals surface area contributed by atoms with Crippen LogP contribution in [0.1, 0.15) is 58.3 Å². The van der Waals surface area contributed by atoms with Gasteiger partial charge in [-0.2, -0.15) is 0 Å². The smallest absolute Gasteiger partial charge is 0.140 e. The van der Waals surface area contributed by atoms with E-state index >= 15 is 0 Å². The van der Waals surface area contributed by atoms with Gasteiger partial charge in [0.25, 0.3) is 0 Å². The molecule has 1 aliphatic carbocycles. The third kappa shape index (κ3) is 3.04. The second kappa shape index (κ2) is 4.65. The molecule has 2 fully saturated rings. The van der Waals surface area contributed by atoms with Crippen molar-refractivity contribution in [3.8, 4) is 0 Å². The SMILES string of the molecule is CC1(C(=O)CC2CCCCCCN2)CC1. The third-order valence-electron chi connectivity index (χ3n) is 4.02. The lowest BCUT2D eigenvalue weighted by atomic mass is 9.93. The molecule has 1 heterocycles. The predicted molar refractivity (Wildman–Crippen MR) is 61.8 cm³/mol. The monoisotopic (exact) mass is 209 g/mol. The highest BCUT2D eigenvalue weighted by atomic mass is 16.1. The maximum atomic E-state index is 12.0. The predicted octanol–water partition coefficient (Wildman–Crippen LogP) is 2.67. The Morgan fingerprint density at radius 3 is 2.73 bits per heavy atom. The lowest BCUT2D eigenvalue weighted by Gasteiger charge is -2.22. The number of carbonyl (C=O) groups excluding carboxylic acids is 1. The van der Waals surface area contributed by atoms with Gasteiger partial charge < -0.3 is 5.32 Å². The Morgan fingerprint density at radius 1 is 1.27 bits per heavy atom. The Balaban J connectivity index is 1.78. The van der Waals surface area contributed by atoms with Crippen molar-refractivity contribution in [2.75, 3.05) is 6.54 Å².